The molecule has 1 N–H and O–H groups in total. The van der Waals surface area contributed by atoms with Gasteiger partial charge in [0.25, 0.3) is 5.91 Å². The first-order valence-corrected chi connectivity index (χ1v) is 8.65. The van der Waals surface area contributed by atoms with Crippen LogP contribution in [0.15, 0.2) is 77.5 Å². The summed E-state index contributed by atoms with van der Waals surface area (Å²) in [5.41, 5.74) is 2.48. The monoisotopic (exact) mass is 396 g/mol. The lowest BCUT2D eigenvalue weighted by molar-refractivity contribution is 0.0946. The molecule has 0 unspecified atom stereocenters. The molecular formula is C20H17BrN2O2. The quantitative estimate of drug-likeness (QED) is 0.673. The van der Waals surface area contributed by atoms with Gasteiger partial charge in [0.05, 0.1) is 5.56 Å². The van der Waals surface area contributed by atoms with E-state index in [4.69, 9.17) is 4.74 Å². The van der Waals surface area contributed by atoms with Crippen molar-refractivity contribution in [3.8, 4) is 5.75 Å². The molecule has 0 atom stereocenters. The molecule has 0 saturated carbocycles. The van der Waals surface area contributed by atoms with Crippen LogP contribution in [0.25, 0.3) is 0 Å². The summed E-state index contributed by atoms with van der Waals surface area (Å²) in [4.78, 5) is 16.5. The molecule has 25 heavy (non-hydrogen) atoms. The summed E-state index contributed by atoms with van der Waals surface area (Å²) >= 11 is 3.50. The summed E-state index contributed by atoms with van der Waals surface area (Å²) in [5, 5.41) is 2.90. The van der Waals surface area contributed by atoms with Crippen molar-refractivity contribution in [2.45, 2.75) is 13.2 Å². The number of benzene rings is 2. The van der Waals surface area contributed by atoms with Crippen molar-refractivity contribution in [2.24, 2.45) is 0 Å². The summed E-state index contributed by atoms with van der Waals surface area (Å²) < 4.78 is 6.85. The zero-order chi connectivity index (χ0) is 17.5. The van der Waals surface area contributed by atoms with Gasteiger partial charge < -0.3 is 10.1 Å². The predicted octanol–water partition coefficient (Wildman–Crippen LogP) is 4.35. The minimum atomic E-state index is -0.174. The highest BCUT2D eigenvalue weighted by molar-refractivity contribution is 9.10. The average molecular weight is 397 g/mol. The van der Waals surface area contributed by atoms with Crippen LogP contribution in [-0.4, -0.2) is 10.9 Å². The van der Waals surface area contributed by atoms with E-state index in [1.807, 2.05) is 48.5 Å². The standard InChI is InChI=1S/C20H17BrN2O2/c21-18-9-3-1-7-16(18)14-25-19-10-4-2-8-17(19)20(24)23-13-15-6-5-11-22-12-15/h1-12H,13-14H2,(H,23,24). The van der Waals surface area contributed by atoms with Crippen LogP contribution >= 0.6 is 15.9 Å². The van der Waals surface area contributed by atoms with Gasteiger partial charge in [-0.05, 0) is 29.8 Å². The lowest BCUT2D eigenvalue weighted by Gasteiger charge is -2.12. The van der Waals surface area contributed by atoms with Crippen LogP contribution < -0.4 is 10.1 Å². The third kappa shape index (κ3) is 4.67. The smallest absolute Gasteiger partial charge is 0.255 e. The molecule has 1 amide bonds. The normalized spacial score (nSPS) is 10.3. The molecule has 3 aromatic rings. The molecule has 4 nitrogen and oxygen atoms in total. The maximum atomic E-state index is 12.5. The molecule has 2 aromatic carbocycles. The number of halogens is 1. The van der Waals surface area contributed by atoms with E-state index in [-0.39, 0.29) is 5.91 Å². The van der Waals surface area contributed by atoms with Crippen LogP contribution in [0.5, 0.6) is 5.75 Å². The van der Waals surface area contributed by atoms with Gasteiger partial charge >= 0.3 is 0 Å². The Morgan fingerprint density at radius 2 is 1.84 bits per heavy atom. The van der Waals surface area contributed by atoms with Crippen molar-refractivity contribution < 1.29 is 9.53 Å². The third-order valence-electron chi connectivity index (χ3n) is 3.65. The van der Waals surface area contributed by atoms with Gasteiger partial charge in [0.15, 0.2) is 0 Å². The van der Waals surface area contributed by atoms with Gasteiger partial charge in [0.2, 0.25) is 0 Å². The third-order valence-corrected chi connectivity index (χ3v) is 4.42. The first-order valence-electron chi connectivity index (χ1n) is 7.86. The number of nitrogens with zero attached hydrogens (tertiary/aromatic N) is 1. The highest BCUT2D eigenvalue weighted by atomic mass is 79.9. The fourth-order valence-electron chi connectivity index (χ4n) is 2.33. The van der Waals surface area contributed by atoms with E-state index in [2.05, 4.69) is 26.2 Å². The van der Waals surface area contributed by atoms with Crippen molar-refractivity contribution in [3.63, 3.8) is 0 Å². The maximum Gasteiger partial charge on any atom is 0.255 e. The molecule has 0 saturated heterocycles. The number of carbonyl (C=O) groups excluding carboxylic acids is 1. The van der Waals surface area contributed by atoms with Gasteiger partial charge in [-0.25, -0.2) is 0 Å². The molecule has 0 aliphatic rings. The Labute approximate surface area is 155 Å². The maximum absolute atomic E-state index is 12.5. The molecule has 0 fully saturated rings. The number of nitrogens with one attached hydrogen (secondary N) is 1. The Balaban J connectivity index is 1.68. The summed E-state index contributed by atoms with van der Waals surface area (Å²) in [6.07, 6.45) is 3.44. The molecule has 1 aromatic heterocycles. The van der Waals surface area contributed by atoms with Gasteiger partial charge in [-0.3, -0.25) is 9.78 Å². The predicted molar refractivity (Wildman–Crippen MR) is 100 cm³/mol. The van der Waals surface area contributed by atoms with E-state index in [0.29, 0.717) is 24.5 Å². The molecule has 1 heterocycles. The molecule has 0 aliphatic carbocycles. The van der Waals surface area contributed by atoms with Gasteiger partial charge in [-0.2, -0.15) is 0 Å². The van der Waals surface area contributed by atoms with Crippen LogP contribution in [-0.2, 0) is 13.2 Å². The highest BCUT2D eigenvalue weighted by Crippen LogP contribution is 2.22. The Hall–Kier alpha value is -2.66. The van der Waals surface area contributed by atoms with Crippen molar-refractivity contribution in [1.29, 1.82) is 0 Å². The van der Waals surface area contributed by atoms with Crippen LogP contribution in [0.4, 0.5) is 0 Å². The van der Waals surface area contributed by atoms with Crippen LogP contribution in [0.3, 0.4) is 0 Å². The topological polar surface area (TPSA) is 51.2 Å². The van der Waals surface area contributed by atoms with Crippen LogP contribution in [0, 0.1) is 0 Å². The first-order chi connectivity index (χ1) is 12.2. The second-order valence-corrected chi connectivity index (χ2v) is 6.27. The summed E-state index contributed by atoms with van der Waals surface area (Å²) in [5.74, 6) is 0.383. The van der Waals surface area contributed by atoms with E-state index in [1.165, 1.54) is 0 Å². The van der Waals surface area contributed by atoms with Gasteiger partial charge in [-0.1, -0.05) is 52.3 Å². The minimum absolute atomic E-state index is 0.174. The van der Waals surface area contributed by atoms with Crippen molar-refractivity contribution in [2.75, 3.05) is 0 Å². The summed E-state index contributed by atoms with van der Waals surface area (Å²) in [7, 11) is 0. The van der Waals surface area contributed by atoms with Gasteiger partial charge in [-0.15, -0.1) is 0 Å². The van der Waals surface area contributed by atoms with Crippen LogP contribution in [0.2, 0.25) is 0 Å². The molecular weight excluding hydrogens is 380 g/mol. The van der Waals surface area contributed by atoms with Crippen molar-refractivity contribution in [1.82, 2.24) is 10.3 Å². The number of hydrogen-bond acceptors (Lipinski definition) is 3. The van der Waals surface area contributed by atoms with E-state index >= 15 is 0 Å². The second kappa shape index (κ2) is 8.44. The average Bonchev–Trinajstić information content (AvgIpc) is 2.66. The molecule has 3 rings (SSSR count). The Morgan fingerprint density at radius 3 is 2.64 bits per heavy atom. The fourth-order valence-corrected chi connectivity index (χ4v) is 2.73. The van der Waals surface area contributed by atoms with Gasteiger partial charge in [0, 0.05) is 29.0 Å². The molecule has 5 heteroatoms. The van der Waals surface area contributed by atoms with E-state index < -0.39 is 0 Å². The highest BCUT2D eigenvalue weighted by Gasteiger charge is 2.12. The number of hydrogen-bond donors (Lipinski definition) is 1. The van der Waals surface area contributed by atoms with E-state index in [9.17, 15) is 4.79 Å². The van der Waals surface area contributed by atoms with Gasteiger partial charge in [0.1, 0.15) is 12.4 Å². The lowest BCUT2D eigenvalue weighted by atomic mass is 10.1. The van der Waals surface area contributed by atoms with E-state index in [0.717, 1.165) is 15.6 Å². The number of rotatable bonds is 6. The Bertz CT molecular complexity index is 853. The lowest BCUT2D eigenvalue weighted by Crippen LogP contribution is -2.23. The number of aromatic nitrogens is 1. The second-order valence-electron chi connectivity index (χ2n) is 5.42. The number of para-hydroxylation sites is 1. The number of ether oxygens (including phenoxy) is 1. The molecule has 126 valence electrons. The van der Waals surface area contributed by atoms with E-state index in [1.54, 1.807) is 24.5 Å². The zero-order valence-electron chi connectivity index (χ0n) is 13.5. The zero-order valence-corrected chi connectivity index (χ0v) is 15.1. The minimum Gasteiger partial charge on any atom is -0.488 e. The fraction of sp³-hybridized carbons (Fsp3) is 0.100. The van der Waals surface area contributed by atoms with Crippen molar-refractivity contribution in [3.05, 3.63) is 94.2 Å². The van der Waals surface area contributed by atoms with Crippen LogP contribution in [0.1, 0.15) is 21.5 Å². The number of carbonyl (C=O) groups is 1. The number of pyridine rings is 1. The molecule has 0 radical (unpaired) electrons. The van der Waals surface area contributed by atoms with Crippen molar-refractivity contribution >= 4 is 21.8 Å². The Morgan fingerprint density at radius 1 is 1.04 bits per heavy atom. The summed E-state index contributed by atoms with van der Waals surface area (Å²) in [6, 6.07) is 18.9. The SMILES string of the molecule is O=C(NCc1cccnc1)c1ccccc1OCc1ccccc1Br. The molecule has 0 aliphatic heterocycles. The molecule has 0 spiro atoms. The first kappa shape index (κ1) is 17.2. The number of amides is 1. The summed E-state index contributed by atoms with van der Waals surface area (Å²) in [6.45, 7) is 0.805. The molecule has 0 bridgehead atoms. The Kier molecular flexibility index (Phi) is 5.80. The largest absolute Gasteiger partial charge is 0.488 e.